The van der Waals surface area contributed by atoms with E-state index in [9.17, 15) is 14.4 Å². The van der Waals surface area contributed by atoms with Gasteiger partial charge in [0.25, 0.3) is 5.91 Å². The van der Waals surface area contributed by atoms with Crippen LogP contribution in [0.2, 0.25) is 0 Å². The minimum atomic E-state index is -0.570. The molecule has 1 unspecified atom stereocenters. The van der Waals surface area contributed by atoms with Gasteiger partial charge in [-0.15, -0.1) is 0 Å². The molecule has 3 rings (SSSR count). The Labute approximate surface area is 190 Å². The molecule has 7 nitrogen and oxygen atoms in total. The van der Waals surface area contributed by atoms with Gasteiger partial charge < -0.3 is 20.0 Å². The molecule has 0 spiro atoms. The van der Waals surface area contributed by atoms with Crippen LogP contribution in [0.4, 0.5) is 11.4 Å². The maximum Gasteiger partial charge on any atom is 0.254 e. The Balaban J connectivity index is 1.92. The number of hydrogen-bond acceptors (Lipinski definition) is 4. The molecule has 0 radical (unpaired) electrons. The SMILES string of the molecule is CCCC(=O)Nc1ccc2c(c1)CN(C(=O)c1ccc(N(C)C)cc1)C(C(=O)N(C)C)C2. The van der Waals surface area contributed by atoms with Crippen LogP contribution in [0, 0.1) is 0 Å². The molecule has 170 valence electrons. The van der Waals surface area contributed by atoms with E-state index in [0.29, 0.717) is 30.6 Å². The standard InChI is InChI=1S/C25H32N4O3/c1-6-7-23(30)26-20-11-8-18-15-22(25(32)28(4)5)29(16-19(18)14-20)24(31)17-9-12-21(13-10-17)27(2)3/h8-14,22H,6-7,15-16H2,1-5H3,(H,26,30). The molecule has 1 N–H and O–H groups in total. The van der Waals surface area contributed by atoms with E-state index in [1.165, 1.54) is 4.90 Å². The molecular weight excluding hydrogens is 404 g/mol. The Bertz CT molecular complexity index is 999. The van der Waals surface area contributed by atoms with E-state index >= 15 is 0 Å². The molecule has 0 bridgehead atoms. The van der Waals surface area contributed by atoms with E-state index in [-0.39, 0.29) is 17.7 Å². The molecule has 2 aromatic rings. The van der Waals surface area contributed by atoms with Gasteiger partial charge in [-0.3, -0.25) is 14.4 Å². The predicted molar refractivity (Wildman–Crippen MR) is 127 cm³/mol. The average molecular weight is 437 g/mol. The molecule has 0 fully saturated rings. The number of amides is 3. The Morgan fingerprint density at radius 2 is 1.69 bits per heavy atom. The minimum absolute atomic E-state index is 0.0298. The summed E-state index contributed by atoms with van der Waals surface area (Å²) in [6.07, 6.45) is 1.68. The number of benzene rings is 2. The second-order valence-corrected chi connectivity index (χ2v) is 8.61. The molecular formula is C25H32N4O3. The number of hydrogen-bond donors (Lipinski definition) is 1. The van der Waals surface area contributed by atoms with Gasteiger partial charge in [0.05, 0.1) is 0 Å². The van der Waals surface area contributed by atoms with Crippen LogP contribution in [-0.4, -0.2) is 61.8 Å². The first-order valence-corrected chi connectivity index (χ1v) is 10.9. The van der Waals surface area contributed by atoms with Crippen LogP contribution in [0.15, 0.2) is 42.5 Å². The number of nitrogens with one attached hydrogen (secondary N) is 1. The van der Waals surface area contributed by atoms with Crippen molar-refractivity contribution >= 4 is 29.1 Å². The van der Waals surface area contributed by atoms with Crippen LogP contribution in [0.5, 0.6) is 0 Å². The molecule has 0 aromatic heterocycles. The normalized spacial score (nSPS) is 15.0. The largest absolute Gasteiger partial charge is 0.378 e. The number of carbonyl (C=O) groups excluding carboxylic acids is 3. The highest BCUT2D eigenvalue weighted by Crippen LogP contribution is 2.29. The van der Waals surface area contributed by atoms with Crippen LogP contribution in [0.1, 0.15) is 41.3 Å². The summed E-state index contributed by atoms with van der Waals surface area (Å²) in [7, 11) is 7.31. The quantitative estimate of drug-likeness (QED) is 0.755. The summed E-state index contributed by atoms with van der Waals surface area (Å²) >= 11 is 0. The van der Waals surface area contributed by atoms with Crippen molar-refractivity contribution in [2.75, 3.05) is 38.4 Å². The molecule has 3 amide bonds. The van der Waals surface area contributed by atoms with Gasteiger partial charge >= 0.3 is 0 Å². The van der Waals surface area contributed by atoms with E-state index in [0.717, 1.165) is 23.2 Å². The highest BCUT2D eigenvalue weighted by atomic mass is 16.2. The van der Waals surface area contributed by atoms with Crippen molar-refractivity contribution in [2.45, 2.75) is 38.8 Å². The number of carbonyl (C=O) groups is 3. The fourth-order valence-electron chi connectivity index (χ4n) is 3.91. The molecule has 0 saturated carbocycles. The lowest BCUT2D eigenvalue weighted by Crippen LogP contribution is -2.52. The summed E-state index contributed by atoms with van der Waals surface area (Å²) in [5.41, 5.74) is 4.22. The Hall–Kier alpha value is -3.35. The number of nitrogens with zero attached hydrogens (tertiary/aromatic N) is 3. The Kier molecular flexibility index (Phi) is 7.18. The molecule has 0 aliphatic carbocycles. The van der Waals surface area contributed by atoms with Gasteiger partial charge in [-0.25, -0.2) is 0 Å². The topological polar surface area (TPSA) is 73.0 Å². The molecule has 32 heavy (non-hydrogen) atoms. The fraction of sp³-hybridized carbons (Fsp3) is 0.400. The molecule has 1 aliphatic heterocycles. The molecule has 7 heteroatoms. The lowest BCUT2D eigenvalue weighted by atomic mass is 9.92. The molecule has 2 aromatic carbocycles. The second kappa shape index (κ2) is 9.85. The summed E-state index contributed by atoms with van der Waals surface area (Å²) in [5.74, 6) is -0.311. The van der Waals surface area contributed by atoms with E-state index in [1.54, 1.807) is 31.1 Å². The van der Waals surface area contributed by atoms with Crippen molar-refractivity contribution < 1.29 is 14.4 Å². The summed E-state index contributed by atoms with van der Waals surface area (Å²) in [6, 6.07) is 12.5. The van der Waals surface area contributed by atoms with Crippen molar-refractivity contribution in [2.24, 2.45) is 0 Å². The third-order valence-corrected chi connectivity index (χ3v) is 5.71. The van der Waals surface area contributed by atoms with Crippen molar-refractivity contribution in [3.8, 4) is 0 Å². The van der Waals surface area contributed by atoms with Crippen molar-refractivity contribution in [1.29, 1.82) is 0 Å². The third-order valence-electron chi connectivity index (χ3n) is 5.71. The first-order valence-electron chi connectivity index (χ1n) is 10.9. The van der Waals surface area contributed by atoms with Crippen LogP contribution in [0.25, 0.3) is 0 Å². The van der Waals surface area contributed by atoms with Crippen molar-refractivity contribution in [3.63, 3.8) is 0 Å². The van der Waals surface area contributed by atoms with E-state index in [1.807, 2.05) is 56.3 Å². The molecule has 1 aliphatic rings. The monoisotopic (exact) mass is 436 g/mol. The number of likely N-dealkylation sites (N-methyl/N-ethyl adjacent to an activating group) is 1. The zero-order valence-electron chi connectivity index (χ0n) is 19.5. The lowest BCUT2D eigenvalue weighted by molar-refractivity contribution is -0.134. The number of rotatable bonds is 6. The van der Waals surface area contributed by atoms with Crippen LogP contribution < -0.4 is 10.2 Å². The van der Waals surface area contributed by atoms with E-state index < -0.39 is 6.04 Å². The maximum atomic E-state index is 13.4. The van der Waals surface area contributed by atoms with Gasteiger partial charge in [0.15, 0.2) is 0 Å². The highest BCUT2D eigenvalue weighted by molar-refractivity contribution is 5.98. The van der Waals surface area contributed by atoms with E-state index in [4.69, 9.17) is 0 Å². The lowest BCUT2D eigenvalue weighted by Gasteiger charge is -2.37. The first kappa shape index (κ1) is 23.3. The fourth-order valence-corrected chi connectivity index (χ4v) is 3.91. The first-order chi connectivity index (χ1) is 15.2. The zero-order chi connectivity index (χ0) is 23.4. The van der Waals surface area contributed by atoms with Gasteiger partial charge in [-0.2, -0.15) is 0 Å². The molecule has 1 heterocycles. The average Bonchev–Trinajstić information content (AvgIpc) is 2.77. The summed E-state index contributed by atoms with van der Waals surface area (Å²) in [4.78, 5) is 43.5. The van der Waals surface area contributed by atoms with Crippen LogP contribution >= 0.6 is 0 Å². The zero-order valence-corrected chi connectivity index (χ0v) is 19.5. The molecule has 1 atom stereocenters. The third kappa shape index (κ3) is 5.10. The van der Waals surface area contributed by atoms with Crippen LogP contribution in [0.3, 0.4) is 0 Å². The number of fused-ring (bicyclic) bond motifs is 1. The summed E-state index contributed by atoms with van der Waals surface area (Å²) < 4.78 is 0. The predicted octanol–water partition coefficient (Wildman–Crippen LogP) is 3.15. The number of anilines is 2. The van der Waals surface area contributed by atoms with Crippen molar-refractivity contribution in [3.05, 3.63) is 59.2 Å². The van der Waals surface area contributed by atoms with Gasteiger partial charge in [0, 0.05) is 64.5 Å². The van der Waals surface area contributed by atoms with Gasteiger partial charge in [-0.05, 0) is 53.9 Å². The van der Waals surface area contributed by atoms with Gasteiger partial charge in [0.1, 0.15) is 6.04 Å². The second-order valence-electron chi connectivity index (χ2n) is 8.61. The highest BCUT2D eigenvalue weighted by Gasteiger charge is 2.36. The minimum Gasteiger partial charge on any atom is -0.378 e. The van der Waals surface area contributed by atoms with Crippen LogP contribution in [-0.2, 0) is 22.6 Å². The van der Waals surface area contributed by atoms with Gasteiger partial charge in [0.2, 0.25) is 11.8 Å². The smallest absolute Gasteiger partial charge is 0.254 e. The molecule has 0 saturated heterocycles. The maximum absolute atomic E-state index is 13.4. The van der Waals surface area contributed by atoms with Gasteiger partial charge in [-0.1, -0.05) is 13.0 Å². The van der Waals surface area contributed by atoms with Crippen molar-refractivity contribution in [1.82, 2.24) is 9.80 Å². The Morgan fingerprint density at radius 3 is 2.28 bits per heavy atom. The summed E-state index contributed by atoms with van der Waals surface area (Å²) in [5, 5.41) is 2.92. The van der Waals surface area contributed by atoms with E-state index in [2.05, 4.69) is 5.32 Å². The Morgan fingerprint density at radius 1 is 1.00 bits per heavy atom. The summed E-state index contributed by atoms with van der Waals surface area (Å²) in [6.45, 7) is 2.27.